The summed E-state index contributed by atoms with van der Waals surface area (Å²) < 4.78 is 26.7. The molecule has 0 fully saturated rings. The van der Waals surface area contributed by atoms with E-state index in [1.807, 2.05) is 82.3 Å². The van der Waals surface area contributed by atoms with Gasteiger partial charge in [-0.3, -0.25) is 13.9 Å². The molecular formula is C30H36ClN3O4S. The highest BCUT2D eigenvalue weighted by Gasteiger charge is 2.34. The first-order valence-corrected chi connectivity index (χ1v) is 14.9. The fourth-order valence-electron chi connectivity index (χ4n) is 4.20. The first-order valence-electron chi connectivity index (χ1n) is 12.7. The molecule has 0 radical (unpaired) electrons. The maximum Gasteiger partial charge on any atom is 0.244 e. The smallest absolute Gasteiger partial charge is 0.244 e. The van der Waals surface area contributed by atoms with Crippen molar-refractivity contribution < 1.29 is 18.0 Å². The van der Waals surface area contributed by atoms with E-state index in [0.29, 0.717) is 10.7 Å². The predicted octanol–water partition coefficient (Wildman–Crippen LogP) is 4.97. The standard InChI is InChI=1S/C30H36ClN3O4S/c1-22-11-9-10-14-24(22)20-33(27(29(36)32-30(2,3)4)19-23-12-7-6-8-13-23)28(35)21-34(39(5,37)38)26-17-15-25(31)16-18-26/h6-18,27H,19-21H2,1-5H3,(H,32,36)/t27-/m1/s1. The molecule has 0 heterocycles. The van der Waals surface area contributed by atoms with E-state index in [1.54, 1.807) is 24.3 Å². The Balaban J connectivity index is 2.08. The lowest BCUT2D eigenvalue weighted by molar-refractivity contribution is -0.140. The number of halogens is 1. The van der Waals surface area contributed by atoms with Crippen LogP contribution < -0.4 is 9.62 Å². The van der Waals surface area contributed by atoms with Gasteiger partial charge in [-0.15, -0.1) is 0 Å². The van der Waals surface area contributed by atoms with Crippen molar-refractivity contribution in [1.29, 1.82) is 0 Å². The zero-order valence-electron chi connectivity index (χ0n) is 23.0. The van der Waals surface area contributed by atoms with E-state index in [0.717, 1.165) is 27.3 Å². The van der Waals surface area contributed by atoms with Crippen LogP contribution in [0.1, 0.15) is 37.5 Å². The van der Waals surface area contributed by atoms with Gasteiger partial charge in [0.25, 0.3) is 0 Å². The van der Waals surface area contributed by atoms with Gasteiger partial charge in [0.2, 0.25) is 21.8 Å². The van der Waals surface area contributed by atoms with Crippen LogP contribution in [0.2, 0.25) is 5.02 Å². The number of hydrogen-bond donors (Lipinski definition) is 1. The summed E-state index contributed by atoms with van der Waals surface area (Å²) in [5, 5.41) is 3.46. The van der Waals surface area contributed by atoms with E-state index < -0.39 is 34.1 Å². The van der Waals surface area contributed by atoms with Crippen LogP contribution in [0.25, 0.3) is 0 Å². The Morgan fingerprint density at radius 1 is 0.923 bits per heavy atom. The van der Waals surface area contributed by atoms with E-state index in [9.17, 15) is 18.0 Å². The first-order chi connectivity index (χ1) is 18.2. The van der Waals surface area contributed by atoms with E-state index >= 15 is 0 Å². The highest BCUT2D eigenvalue weighted by molar-refractivity contribution is 7.92. The molecule has 0 bridgehead atoms. The average molecular weight is 570 g/mol. The summed E-state index contributed by atoms with van der Waals surface area (Å²) in [6, 6.07) is 22.5. The number of rotatable bonds is 10. The van der Waals surface area contributed by atoms with Crippen molar-refractivity contribution in [2.45, 2.75) is 52.2 Å². The van der Waals surface area contributed by atoms with Crippen LogP contribution in [-0.4, -0.2) is 49.5 Å². The Labute approximate surface area is 236 Å². The van der Waals surface area contributed by atoms with Crippen molar-refractivity contribution in [3.8, 4) is 0 Å². The Hall–Kier alpha value is -3.36. The number of aryl methyl sites for hydroxylation is 1. The van der Waals surface area contributed by atoms with Crippen LogP contribution in [0.15, 0.2) is 78.9 Å². The van der Waals surface area contributed by atoms with Crippen LogP contribution in [-0.2, 0) is 32.6 Å². The Bertz CT molecular complexity index is 1390. The minimum atomic E-state index is -3.83. The molecular weight excluding hydrogens is 534 g/mol. The second kappa shape index (κ2) is 12.7. The summed E-state index contributed by atoms with van der Waals surface area (Å²) in [4.78, 5) is 29.3. The van der Waals surface area contributed by atoms with Gasteiger partial charge in [0.15, 0.2) is 0 Å². The van der Waals surface area contributed by atoms with Gasteiger partial charge in [0.05, 0.1) is 11.9 Å². The molecule has 7 nitrogen and oxygen atoms in total. The van der Waals surface area contributed by atoms with Crippen LogP contribution in [0.4, 0.5) is 5.69 Å². The molecule has 0 aliphatic heterocycles. The van der Waals surface area contributed by atoms with E-state index in [-0.39, 0.29) is 18.9 Å². The van der Waals surface area contributed by atoms with E-state index in [4.69, 9.17) is 11.6 Å². The van der Waals surface area contributed by atoms with Crippen molar-refractivity contribution in [3.05, 3.63) is 101 Å². The molecule has 3 aromatic rings. The molecule has 1 atom stereocenters. The van der Waals surface area contributed by atoms with E-state index in [2.05, 4.69) is 5.32 Å². The summed E-state index contributed by atoms with van der Waals surface area (Å²) in [6.45, 7) is 7.24. The molecule has 39 heavy (non-hydrogen) atoms. The maximum atomic E-state index is 14.1. The zero-order valence-corrected chi connectivity index (χ0v) is 24.6. The van der Waals surface area contributed by atoms with Gasteiger partial charge in [0, 0.05) is 23.5 Å². The van der Waals surface area contributed by atoms with Crippen molar-refractivity contribution in [2.24, 2.45) is 0 Å². The summed E-state index contributed by atoms with van der Waals surface area (Å²) in [7, 11) is -3.83. The lowest BCUT2D eigenvalue weighted by atomic mass is 10.00. The van der Waals surface area contributed by atoms with Gasteiger partial charge in [-0.2, -0.15) is 0 Å². The molecule has 0 saturated carbocycles. The summed E-state index contributed by atoms with van der Waals surface area (Å²) in [6.07, 6.45) is 1.31. The Kier molecular flexibility index (Phi) is 9.80. The third-order valence-electron chi connectivity index (χ3n) is 6.17. The molecule has 2 amide bonds. The average Bonchev–Trinajstić information content (AvgIpc) is 2.85. The number of amides is 2. The molecule has 0 aliphatic rings. The number of nitrogens with one attached hydrogen (secondary N) is 1. The molecule has 208 valence electrons. The molecule has 0 aromatic heterocycles. The zero-order chi connectivity index (χ0) is 28.8. The van der Waals surface area contributed by atoms with Crippen molar-refractivity contribution in [2.75, 3.05) is 17.1 Å². The number of benzene rings is 3. The van der Waals surface area contributed by atoms with Crippen molar-refractivity contribution in [1.82, 2.24) is 10.2 Å². The molecule has 0 spiro atoms. The summed E-state index contributed by atoms with van der Waals surface area (Å²) in [5.74, 6) is -0.811. The lowest BCUT2D eigenvalue weighted by Gasteiger charge is -2.35. The normalized spacial score (nSPS) is 12.5. The molecule has 0 aliphatic carbocycles. The molecule has 3 aromatic carbocycles. The highest BCUT2D eigenvalue weighted by Crippen LogP contribution is 2.23. The van der Waals surface area contributed by atoms with Gasteiger partial charge in [-0.25, -0.2) is 8.42 Å². The predicted molar refractivity (Wildman–Crippen MR) is 157 cm³/mol. The number of sulfonamides is 1. The SMILES string of the molecule is Cc1ccccc1CN(C(=O)CN(c1ccc(Cl)cc1)S(C)(=O)=O)[C@H](Cc1ccccc1)C(=O)NC(C)(C)C. The minimum Gasteiger partial charge on any atom is -0.350 e. The molecule has 3 rings (SSSR count). The number of carbonyl (C=O) groups is 2. The monoisotopic (exact) mass is 569 g/mol. The van der Waals surface area contributed by atoms with Crippen molar-refractivity contribution >= 4 is 39.1 Å². The van der Waals surface area contributed by atoms with Crippen LogP contribution in [0.5, 0.6) is 0 Å². The second-order valence-electron chi connectivity index (χ2n) is 10.6. The number of nitrogens with zero attached hydrogens (tertiary/aromatic N) is 2. The quantitative estimate of drug-likeness (QED) is 0.373. The fraction of sp³-hybridized carbons (Fsp3) is 0.333. The molecule has 9 heteroatoms. The Morgan fingerprint density at radius 2 is 1.51 bits per heavy atom. The summed E-state index contributed by atoms with van der Waals surface area (Å²) in [5.41, 5.74) is 2.48. The van der Waals surface area contributed by atoms with Gasteiger partial charge in [-0.1, -0.05) is 66.2 Å². The third kappa shape index (κ3) is 8.83. The van der Waals surface area contributed by atoms with Gasteiger partial charge in [-0.05, 0) is 68.7 Å². The second-order valence-corrected chi connectivity index (χ2v) is 13.0. The fourth-order valence-corrected chi connectivity index (χ4v) is 5.17. The van der Waals surface area contributed by atoms with E-state index in [1.165, 1.54) is 4.90 Å². The lowest BCUT2D eigenvalue weighted by Crippen LogP contribution is -2.56. The molecule has 1 N–H and O–H groups in total. The highest BCUT2D eigenvalue weighted by atomic mass is 35.5. The van der Waals surface area contributed by atoms with Gasteiger partial charge in [0.1, 0.15) is 12.6 Å². The number of anilines is 1. The largest absolute Gasteiger partial charge is 0.350 e. The third-order valence-corrected chi connectivity index (χ3v) is 7.56. The number of hydrogen-bond acceptors (Lipinski definition) is 4. The minimum absolute atomic E-state index is 0.138. The van der Waals surface area contributed by atoms with Crippen LogP contribution in [0.3, 0.4) is 0 Å². The van der Waals surface area contributed by atoms with Crippen molar-refractivity contribution in [3.63, 3.8) is 0 Å². The number of carbonyl (C=O) groups excluding carboxylic acids is 2. The van der Waals surface area contributed by atoms with Gasteiger partial charge >= 0.3 is 0 Å². The molecule has 0 unspecified atom stereocenters. The van der Waals surface area contributed by atoms with Crippen LogP contribution in [0, 0.1) is 6.92 Å². The molecule has 0 saturated heterocycles. The summed E-state index contributed by atoms with van der Waals surface area (Å²) >= 11 is 6.01. The Morgan fingerprint density at radius 3 is 2.08 bits per heavy atom. The maximum absolute atomic E-state index is 14.1. The first kappa shape index (κ1) is 30.2. The van der Waals surface area contributed by atoms with Crippen LogP contribution >= 0.6 is 11.6 Å². The topological polar surface area (TPSA) is 86.8 Å². The van der Waals surface area contributed by atoms with Gasteiger partial charge < -0.3 is 10.2 Å².